The van der Waals surface area contributed by atoms with Gasteiger partial charge in [-0.2, -0.15) is 10.2 Å². The van der Waals surface area contributed by atoms with Crippen LogP contribution in [0.2, 0.25) is 0 Å². The summed E-state index contributed by atoms with van der Waals surface area (Å²) in [5.41, 5.74) is 4.08. The van der Waals surface area contributed by atoms with E-state index < -0.39 is 0 Å². The molecule has 0 bridgehead atoms. The first-order valence-electron chi connectivity index (χ1n) is 8.63. The van der Waals surface area contributed by atoms with E-state index in [1.807, 2.05) is 53.2 Å². The predicted molar refractivity (Wildman–Crippen MR) is 102 cm³/mol. The molecule has 130 valence electrons. The highest BCUT2D eigenvalue weighted by Gasteiger charge is 2.18. The zero-order chi connectivity index (χ0) is 17.9. The second-order valence-electron chi connectivity index (χ2n) is 6.13. The van der Waals surface area contributed by atoms with Crippen LogP contribution in [0.1, 0.15) is 29.4 Å². The molecule has 2 aromatic carbocycles. The molecule has 0 aliphatic rings. The molecule has 4 rings (SSSR count). The summed E-state index contributed by atoms with van der Waals surface area (Å²) in [6.45, 7) is 2.09. The molecule has 0 fully saturated rings. The number of hydrogen-bond acceptors (Lipinski definition) is 3. The van der Waals surface area contributed by atoms with Gasteiger partial charge in [0.2, 0.25) is 0 Å². The number of fused-ring (bicyclic) bond motifs is 1. The fourth-order valence-electron chi connectivity index (χ4n) is 3.05. The van der Waals surface area contributed by atoms with Crippen molar-refractivity contribution in [3.63, 3.8) is 0 Å². The van der Waals surface area contributed by atoms with Crippen LogP contribution in [-0.2, 0) is 6.42 Å². The second-order valence-corrected chi connectivity index (χ2v) is 6.13. The van der Waals surface area contributed by atoms with E-state index in [9.17, 15) is 4.79 Å². The van der Waals surface area contributed by atoms with E-state index in [1.165, 1.54) is 0 Å². The molecule has 0 unspecified atom stereocenters. The lowest BCUT2D eigenvalue weighted by molar-refractivity contribution is 0.102. The molecular weight excluding hydrogens is 326 g/mol. The highest BCUT2D eigenvalue weighted by molar-refractivity contribution is 6.05. The third-order valence-electron chi connectivity index (χ3n) is 4.30. The number of aromatic amines is 1. The highest BCUT2D eigenvalue weighted by atomic mass is 16.1. The van der Waals surface area contributed by atoms with Crippen LogP contribution >= 0.6 is 0 Å². The number of amides is 1. The second kappa shape index (κ2) is 6.84. The van der Waals surface area contributed by atoms with E-state index in [1.54, 1.807) is 12.4 Å². The molecule has 0 radical (unpaired) electrons. The molecule has 0 aliphatic carbocycles. The Morgan fingerprint density at radius 2 is 2.00 bits per heavy atom. The fraction of sp³-hybridized carbons (Fsp3) is 0.150. The molecule has 2 N–H and O–H groups in total. The third-order valence-corrected chi connectivity index (χ3v) is 4.30. The minimum atomic E-state index is -0.158. The van der Waals surface area contributed by atoms with Crippen LogP contribution < -0.4 is 5.32 Å². The zero-order valence-corrected chi connectivity index (χ0v) is 14.4. The minimum absolute atomic E-state index is 0.158. The standard InChI is InChI=1S/C20H19N5O/c1-2-6-19-17(13-22-25(19)16-7-4-3-5-8-16)20(26)23-15-10-9-14-12-21-24-18(14)11-15/h3-5,7-13H,2,6H2,1H3,(H,21,24)(H,23,26). The molecule has 0 aliphatic heterocycles. The average molecular weight is 345 g/mol. The number of carbonyl (C=O) groups excluding carboxylic acids is 1. The highest BCUT2D eigenvalue weighted by Crippen LogP contribution is 2.20. The van der Waals surface area contributed by atoms with Gasteiger partial charge in [0.05, 0.1) is 34.9 Å². The molecule has 0 atom stereocenters. The fourth-order valence-corrected chi connectivity index (χ4v) is 3.05. The smallest absolute Gasteiger partial charge is 0.259 e. The number of benzene rings is 2. The Kier molecular flexibility index (Phi) is 4.23. The predicted octanol–water partition coefficient (Wildman–Crippen LogP) is 3.95. The summed E-state index contributed by atoms with van der Waals surface area (Å²) in [6, 6.07) is 15.5. The van der Waals surface area contributed by atoms with Crippen LogP contribution in [0.4, 0.5) is 5.69 Å². The molecule has 1 amide bonds. The van der Waals surface area contributed by atoms with Gasteiger partial charge in [-0.25, -0.2) is 4.68 Å². The van der Waals surface area contributed by atoms with E-state index in [0.29, 0.717) is 5.56 Å². The Bertz CT molecular complexity index is 1050. The molecular formula is C20H19N5O. The number of nitrogens with zero attached hydrogens (tertiary/aromatic N) is 3. The van der Waals surface area contributed by atoms with E-state index >= 15 is 0 Å². The number of carbonyl (C=O) groups is 1. The quantitative estimate of drug-likeness (QED) is 0.575. The number of para-hydroxylation sites is 1. The summed E-state index contributed by atoms with van der Waals surface area (Å²) in [5.74, 6) is -0.158. The molecule has 0 spiro atoms. The topological polar surface area (TPSA) is 75.6 Å². The van der Waals surface area contributed by atoms with Crippen molar-refractivity contribution in [1.82, 2.24) is 20.0 Å². The van der Waals surface area contributed by atoms with Crippen LogP contribution in [-0.4, -0.2) is 25.9 Å². The zero-order valence-electron chi connectivity index (χ0n) is 14.4. The van der Waals surface area contributed by atoms with Crippen molar-refractivity contribution in [3.05, 3.63) is 72.2 Å². The van der Waals surface area contributed by atoms with Gasteiger partial charge in [-0.15, -0.1) is 0 Å². The van der Waals surface area contributed by atoms with Crippen molar-refractivity contribution < 1.29 is 4.79 Å². The van der Waals surface area contributed by atoms with E-state index in [0.717, 1.165) is 40.8 Å². The van der Waals surface area contributed by atoms with Gasteiger partial charge in [0.15, 0.2) is 0 Å². The van der Waals surface area contributed by atoms with E-state index in [2.05, 4.69) is 27.5 Å². The molecule has 26 heavy (non-hydrogen) atoms. The van der Waals surface area contributed by atoms with Crippen molar-refractivity contribution in [3.8, 4) is 5.69 Å². The minimum Gasteiger partial charge on any atom is -0.322 e. The van der Waals surface area contributed by atoms with Crippen LogP contribution in [0.25, 0.3) is 16.6 Å². The van der Waals surface area contributed by atoms with Gasteiger partial charge in [-0.1, -0.05) is 31.5 Å². The van der Waals surface area contributed by atoms with Gasteiger partial charge in [0, 0.05) is 11.1 Å². The number of anilines is 1. The number of rotatable bonds is 5. The van der Waals surface area contributed by atoms with Crippen LogP contribution in [0.15, 0.2) is 60.9 Å². The SMILES string of the molecule is CCCc1c(C(=O)Nc2ccc3cn[nH]c3c2)cnn1-c1ccccc1. The number of aromatic nitrogens is 4. The van der Waals surface area contributed by atoms with Crippen molar-refractivity contribution >= 4 is 22.5 Å². The number of nitrogens with one attached hydrogen (secondary N) is 2. The first-order chi connectivity index (χ1) is 12.8. The van der Waals surface area contributed by atoms with E-state index in [-0.39, 0.29) is 5.91 Å². The summed E-state index contributed by atoms with van der Waals surface area (Å²) < 4.78 is 1.84. The van der Waals surface area contributed by atoms with Gasteiger partial charge >= 0.3 is 0 Å². The van der Waals surface area contributed by atoms with Crippen LogP contribution in [0.5, 0.6) is 0 Å². The largest absolute Gasteiger partial charge is 0.322 e. The average Bonchev–Trinajstić information content (AvgIpc) is 3.29. The molecule has 4 aromatic rings. The Morgan fingerprint density at radius 1 is 1.15 bits per heavy atom. The lowest BCUT2D eigenvalue weighted by Crippen LogP contribution is -2.14. The van der Waals surface area contributed by atoms with Gasteiger partial charge in [-0.05, 0) is 36.8 Å². The number of hydrogen-bond donors (Lipinski definition) is 2. The summed E-state index contributed by atoms with van der Waals surface area (Å²) >= 11 is 0. The van der Waals surface area contributed by atoms with Gasteiger partial charge in [-0.3, -0.25) is 9.89 Å². The van der Waals surface area contributed by atoms with Crippen LogP contribution in [0, 0.1) is 0 Å². The Morgan fingerprint density at radius 3 is 2.81 bits per heavy atom. The lowest BCUT2D eigenvalue weighted by Gasteiger charge is -2.09. The summed E-state index contributed by atoms with van der Waals surface area (Å²) in [7, 11) is 0. The summed E-state index contributed by atoms with van der Waals surface area (Å²) in [5, 5.41) is 15.3. The maximum atomic E-state index is 12.8. The Hall–Kier alpha value is -3.41. The van der Waals surface area contributed by atoms with Gasteiger partial charge < -0.3 is 5.32 Å². The normalized spacial score (nSPS) is 11.0. The first-order valence-corrected chi connectivity index (χ1v) is 8.63. The monoisotopic (exact) mass is 345 g/mol. The van der Waals surface area contributed by atoms with Crippen molar-refractivity contribution in [1.29, 1.82) is 0 Å². The number of H-pyrrole nitrogens is 1. The Balaban J connectivity index is 1.65. The maximum absolute atomic E-state index is 12.8. The first kappa shape index (κ1) is 16.1. The molecule has 0 saturated heterocycles. The third kappa shape index (κ3) is 2.97. The molecule has 6 heteroatoms. The van der Waals surface area contributed by atoms with Gasteiger partial charge in [0.1, 0.15) is 0 Å². The summed E-state index contributed by atoms with van der Waals surface area (Å²) in [6.07, 6.45) is 5.10. The molecule has 6 nitrogen and oxygen atoms in total. The van der Waals surface area contributed by atoms with Crippen molar-refractivity contribution in [2.45, 2.75) is 19.8 Å². The lowest BCUT2D eigenvalue weighted by atomic mass is 10.1. The van der Waals surface area contributed by atoms with Crippen LogP contribution in [0.3, 0.4) is 0 Å². The van der Waals surface area contributed by atoms with Crippen molar-refractivity contribution in [2.24, 2.45) is 0 Å². The molecule has 2 aromatic heterocycles. The van der Waals surface area contributed by atoms with E-state index in [4.69, 9.17) is 0 Å². The van der Waals surface area contributed by atoms with Crippen molar-refractivity contribution in [2.75, 3.05) is 5.32 Å². The molecule has 2 heterocycles. The van der Waals surface area contributed by atoms with Gasteiger partial charge in [0.25, 0.3) is 5.91 Å². The summed E-state index contributed by atoms with van der Waals surface area (Å²) in [4.78, 5) is 12.8. The maximum Gasteiger partial charge on any atom is 0.259 e. The molecule has 0 saturated carbocycles. The Labute approximate surface area is 150 Å².